The second-order valence-corrected chi connectivity index (χ2v) is 0.250. The molecule has 0 aromatic heterocycles. The predicted octanol–water partition coefficient (Wildman–Crippen LogP) is -0.798. The van der Waals surface area contributed by atoms with Gasteiger partial charge in [-0.15, -0.1) is 0 Å². The molecule has 0 aromatic rings. The van der Waals surface area contributed by atoms with Gasteiger partial charge < -0.3 is 5.48 Å². The molecule has 0 aliphatic heterocycles. The molecule has 0 bridgehead atoms. The minimum Gasteiger partial charge on any atom is -0.870 e. The summed E-state index contributed by atoms with van der Waals surface area (Å²) in [6.07, 6.45) is 0. The van der Waals surface area contributed by atoms with Gasteiger partial charge in [-0.2, -0.15) is 0 Å². The first-order valence-electron chi connectivity index (χ1n) is 0.408. The summed E-state index contributed by atoms with van der Waals surface area (Å²) >= 11 is 0. The van der Waals surface area contributed by atoms with Crippen molar-refractivity contribution in [2.75, 3.05) is 0 Å². The first-order valence-corrected chi connectivity index (χ1v) is 1.22. The van der Waals surface area contributed by atoms with Gasteiger partial charge in [-0.25, -0.2) is 0 Å². The van der Waals surface area contributed by atoms with Gasteiger partial charge in [0.2, 0.25) is 0 Å². The molecule has 0 amide bonds. The van der Waals surface area contributed by atoms with Crippen molar-refractivity contribution >= 4 is 9.29 Å². The van der Waals surface area contributed by atoms with E-state index in [4.69, 9.17) is 8.92 Å². The normalized spacial score (nSPS) is 1.60. The Morgan fingerprint density at radius 3 is 1.20 bits per heavy atom. The molecule has 0 saturated heterocycles. The van der Waals surface area contributed by atoms with Crippen molar-refractivity contribution in [3.05, 3.63) is 0 Å². The molecular weight excluding hydrogens is 140 g/mol. The van der Waals surface area contributed by atoms with Crippen molar-refractivity contribution in [3.63, 3.8) is 0 Å². The summed E-state index contributed by atoms with van der Waals surface area (Å²) in [5.41, 5.74) is 0. The molecule has 5 heteroatoms. The second-order valence-electron chi connectivity index (χ2n) is 0.0833. The third kappa shape index (κ3) is 258. The molecule has 1 N–H and O–H groups in total. The van der Waals surface area contributed by atoms with Crippen LogP contribution >= 0.6 is 0 Å². The van der Waals surface area contributed by atoms with E-state index in [1.54, 1.807) is 0 Å². The fourth-order valence-corrected chi connectivity index (χ4v) is 0. The topological polar surface area (TPSA) is 64.1 Å². The Labute approximate surface area is 41.5 Å². The van der Waals surface area contributed by atoms with Crippen LogP contribution in [0, 0.1) is 0 Å². The third-order valence-corrected chi connectivity index (χ3v) is 0. The summed E-state index contributed by atoms with van der Waals surface area (Å²) in [6.45, 7) is 0. The van der Waals surface area contributed by atoms with Crippen molar-refractivity contribution in [2.24, 2.45) is 0 Å². The van der Waals surface area contributed by atoms with Crippen LogP contribution in [0.1, 0.15) is 0 Å². The fraction of sp³-hybridized carbons (Fsp3) is 0. The van der Waals surface area contributed by atoms with Crippen LogP contribution in [-0.4, -0.2) is 14.8 Å². The summed E-state index contributed by atoms with van der Waals surface area (Å²) in [7, 11) is -1.42. The van der Waals surface area contributed by atoms with Gasteiger partial charge in [0.1, 0.15) is 0 Å². The third-order valence-electron chi connectivity index (χ3n) is 0. The standard InChI is InChI=1S/Cu.O2Si.H2O/c;1-3-2;/h;;1H2/q+1;;/p-1. The zero-order chi connectivity index (χ0) is 2.71. The molecule has 0 atom stereocenters. The van der Waals surface area contributed by atoms with Crippen LogP contribution in [0.4, 0.5) is 0 Å². The van der Waals surface area contributed by atoms with Gasteiger partial charge in [0.15, 0.2) is 0 Å². The van der Waals surface area contributed by atoms with Crippen molar-refractivity contribution in [1.82, 2.24) is 0 Å². The van der Waals surface area contributed by atoms with Gasteiger partial charge in [0.25, 0.3) is 0 Å². The molecule has 0 unspecified atom stereocenters. The fourth-order valence-electron chi connectivity index (χ4n) is 0. The molecule has 0 aromatic carbocycles. The minimum absolute atomic E-state index is 0. The molecule has 34 valence electrons. The molecule has 0 aliphatic rings. The number of hydrogen-bond donors (Lipinski definition) is 0. The van der Waals surface area contributed by atoms with Crippen molar-refractivity contribution in [1.29, 1.82) is 0 Å². The molecule has 0 rings (SSSR count). The molecule has 0 heterocycles. The monoisotopic (exact) mass is 140 g/mol. The van der Waals surface area contributed by atoms with Crippen LogP contribution in [0.15, 0.2) is 0 Å². The van der Waals surface area contributed by atoms with E-state index in [0.29, 0.717) is 0 Å². The van der Waals surface area contributed by atoms with Crippen LogP contribution in [-0.2, 0) is 26.0 Å². The SMILES string of the molecule is O=[Si]=O.[Cu+].[OH-]. The maximum Gasteiger partial charge on any atom is 1.00 e. The zero-order valence-electron chi connectivity index (χ0n) is 2.07. The van der Waals surface area contributed by atoms with Crippen LogP contribution in [0.5, 0.6) is 0 Å². The number of rotatable bonds is 0. The van der Waals surface area contributed by atoms with Gasteiger partial charge in [0, 0.05) is 0 Å². The smallest absolute Gasteiger partial charge is 0.870 e. The van der Waals surface area contributed by atoms with E-state index in [2.05, 4.69) is 0 Å². The average molecular weight is 141 g/mol. The summed E-state index contributed by atoms with van der Waals surface area (Å²) in [5, 5.41) is 0. The van der Waals surface area contributed by atoms with Gasteiger partial charge in [-0.1, -0.05) is 0 Å². The average Bonchev–Trinajstić information content (AvgIpc) is 0.918. The molecule has 0 saturated carbocycles. The van der Waals surface area contributed by atoms with E-state index in [1.807, 2.05) is 0 Å². The first-order chi connectivity index (χ1) is 1.41. The number of hydrogen-bond acceptors (Lipinski definition) is 3. The van der Waals surface area contributed by atoms with Crippen molar-refractivity contribution < 1.29 is 31.5 Å². The molecular formula is HCuO3Si. The van der Waals surface area contributed by atoms with E-state index in [9.17, 15) is 0 Å². The summed E-state index contributed by atoms with van der Waals surface area (Å²) < 4.78 is 16.8. The van der Waals surface area contributed by atoms with E-state index >= 15 is 0 Å². The van der Waals surface area contributed by atoms with E-state index in [1.165, 1.54) is 0 Å². The second kappa shape index (κ2) is 27.8. The Balaban J connectivity index is -0.0000000200. The summed E-state index contributed by atoms with van der Waals surface area (Å²) in [6, 6.07) is 0. The summed E-state index contributed by atoms with van der Waals surface area (Å²) in [4.78, 5) is 0. The largest absolute Gasteiger partial charge is 1.00 e. The van der Waals surface area contributed by atoms with Crippen molar-refractivity contribution in [2.45, 2.75) is 0 Å². The Morgan fingerprint density at radius 2 is 1.20 bits per heavy atom. The van der Waals surface area contributed by atoms with E-state index in [-0.39, 0.29) is 22.5 Å². The molecule has 5 heavy (non-hydrogen) atoms. The summed E-state index contributed by atoms with van der Waals surface area (Å²) in [5.74, 6) is 0. The molecule has 0 radical (unpaired) electrons. The maximum atomic E-state index is 8.40. The zero-order valence-corrected chi connectivity index (χ0v) is 4.01. The van der Waals surface area contributed by atoms with Crippen LogP contribution in [0.3, 0.4) is 0 Å². The van der Waals surface area contributed by atoms with Crippen LogP contribution < -0.4 is 0 Å². The van der Waals surface area contributed by atoms with E-state index < -0.39 is 9.29 Å². The minimum atomic E-state index is -1.42. The quantitative estimate of drug-likeness (QED) is 0.414. The Kier molecular flexibility index (Phi) is 103. The Hall–Kier alpha value is 0.296. The molecule has 3 nitrogen and oxygen atoms in total. The predicted molar refractivity (Wildman–Crippen MR) is 9.06 cm³/mol. The van der Waals surface area contributed by atoms with Gasteiger partial charge in [-0.05, 0) is 0 Å². The van der Waals surface area contributed by atoms with Crippen molar-refractivity contribution in [3.8, 4) is 0 Å². The van der Waals surface area contributed by atoms with Gasteiger partial charge in [0.05, 0.1) is 0 Å². The van der Waals surface area contributed by atoms with Crippen LogP contribution in [0.2, 0.25) is 0 Å². The van der Waals surface area contributed by atoms with Gasteiger partial charge >= 0.3 is 26.4 Å². The Morgan fingerprint density at radius 1 is 1.20 bits per heavy atom. The Bertz CT molecular complexity index is 27.9. The van der Waals surface area contributed by atoms with E-state index in [0.717, 1.165) is 0 Å². The van der Waals surface area contributed by atoms with Gasteiger partial charge in [-0.3, -0.25) is 8.92 Å². The maximum absolute atomic E-state index is 8.40. The molecule has 0 spiro atoms. The molecule has 0 fully saturated rings. The molecule has 0 aliphatic carbocycles. The van der Waals surface area contributed by atoms with Crippen LogP contribution in [0.25, 0.3) is 0 Å². The first kappa shape index (κ1) is 18.5.